The molecule has 0 fully saturated rings. The van der Waals surface area contributed by atoms with Gasteiger partial charge >= 0.3 is 0 Å². The number of aromatic nitrogens is 2. The van der Waals surface area contributed by atoms with E-state index in [0.717, 1.165) is 24.0 Å². The normalized spacial score (nSPS) is 13.2. The lowest BCUT2D eigenvalue weighted by Crippen LogP contribution is -2.27. The highest BCUT2D eigenvalue weighted by Crippen LogP contribution is 2.29. The summed E-state index contributed by atoms with van der Waals surface area (Å²) >= 11 is 0. The fourth-order valence-electron chi connectivity index (χ4n) is 4.58. The molecule has 0 unspecified atom stereocenters. The van der Waals surface area contributed by atoms with Gasteiger partial charge in [0.25, 0.3) is 0 Å². The Morgan fingerprint density at radius 1 is 0.550 bits per heavy atom. The molecule has 204 valence electrons. The van der Waals surface area contributed by atoms with Crippen LogP contribution in [-0.2, 0) is 44.0 Å². The van der Waals surface area contributed by atoms with Crippen molar-refractivity contribution >= 4 is 31.2 Å². The van der Waals surface area contributed by atoms with E-state index in [1.54, 1.807) is 36.4 Å². The summed E-state index contributed by atoms with van der Waals surface area (Å²) in [5, 5.41) is 0. The number of benzene rings is 3. The molecule has 0 bridgehead atoms. The first-order valence-electron chi connectivity index (χ1n) is 12.8. The fourth-order valence-corrected chi connectivity index (χ4v) is 7.20. The van der Waals surface area contributed by atoms with Gasteiger partial charge < -0.3 is 0 Å². The third-order valence-electron chi connectivity index (χ3n) is 6.93. The number of hydrogen-bond acceptors (Lipinski definition) is 8. The van der Waals surface area contributed by atoms with Gasteiger partial charge in [-0.1, -0.05) is 62.4 Å². The highest BCUT2D eigenvalue weighted by molar-refractivity contribution is 7.91. The van der Waals surface area contributed by atoms with Crippen LogP contribution in [-0.4, -0.2) is 38.4 Å². The second kappa shape index (κ2) is 10.5. The molecule has 1 aliphatic rings. The summed E-state index contributed by atoms with van der Waals surface area (Å²) in [6, 6.07) is 18.9. The standard InChI is InChI=1S/C30H26N2O6S2/c1-3-19-9-13-21(14-10-19)39(35,36)17-25-26(18-40(37,38)22-15-11-20(4-2)12-16-22)32-28-27(31-25)29(33)23-7-5-6-8-24(23)30(28)34/h5-16H,3-4,17-18H2,1-2H3. The minimum atomic E-state index is -4.00. The molecule has 0 N–H and O–H groups in total. The molecule has 10 heteroatoms. The molecule has 0 saturated carbocycles. The summed E-state index contributed by atoms with van der Waals surface area (Å²) in [5.41, 5.74) is 1.23. The number of aryl methyl sites for hydroxylation is 2. The van der Waals surface area contributed by atoms with Crippen molar-refractivity contribution in [3.8, 4) is 0 Å². The van der Waals surface area contributed by atoms with Gasteiger partial charge in [0.05, 0.1) is 32.7 Å². The Bertz CT molecular complexity index is 1730. The van der Waals surface area contributed by atoms with E-state index in [-0.39, 0.29) is 43.7 Å². The first kappa shape index (κ1) is 27.5. The van der Waals surface area contributed by atoms with Gasteiger partial charge in [0.2, 0.25) is 11.6 Å². The summed E-state index contributed by atoms with van der Waals surface area (Å²) in [4.78, 5) is 35.2. The van der Waals surface area contributed by atoms with Crippen molar-refractivity contribution in [2.45, 2.75) is 48.0 Å². The van der Waals surface area contributed by atoms with E-state index >= 15 is 0 Å². The van der Waals surface area contributed by atoms with Gasteiger partial charge in [-0.25, -0.2) is 26.8 Å². The third-order valence-corrected chi connectivity index (χ3v) is 10.2. The largest absolute Gasteiger partial charge is 0.287 e. The van der Waals surface area contributed by atoms with Crippen LogP contribution in [0.1, 0.15) is 68.5 Å². The number of hydrogen-bond donors (Lipinski definition) is 0. The van der Waals surface area contributed by atoms with Gasteiger partial charge in [-0.2, -0.15) is 0 Å². The van der Waals surface area contributed by atoms with Crippen LogP contribution >= 0.6 is 0 Å². The summed E-state index contributed by atoms with van der Waals surface area (Å²) < 4.78 is 53.6. The lowest BCUT2D eigenvalue weighted by Gasteiger charge is -2.19. The average Bonchev–Trinajstić information content (AvgIpc) is 2.96. The highest BCUT2D eigenvalue weighted by atomic mass is 32.2. The number of sulfone groups is 2. The first-order valence-corrected chi connectivity index (χ1v) is 16.1. The Morgan fingerprint density at radius 3 is 1.23 bits per heavy atom. The lowest BCUT2D eigenvalue weighted by molar-refractivity contribution is 0.0971. The quantitative estimate of drug-likeness (QED) is 0.268. The molecular formula is C30H26N2O6S2. The zero-order valence-corrected chi connectivity index (χ0v) is 23.6. The molecule has 1 heterocycles. The molecule has 0 atom stereocenters. The van der Waals surface area contributed by atoms with Crippen LogP contribution in [0.2, 0.25) is 0 Å². The monoisotopic (exact) mass is 574 g/mol. The zero-order valence-electron chi connectivity index (χ0n) is 21.9. The summed E-state index contributed by atoms with van der Waals surface area (Å²) in [7, 11) is -8.00. The minimum absolute atomic E-state index is 0.0286. The van der Waals surface area contributed by atoms with Crippen molar-refractivity contribution in [1.82, 2.24) is 9.97 Å². The van der Waals surface area contributed by atoms with Crippen molar-refractivity contribution in [2.24, 2.45) is 0 Å². The van der Waals surface area contributed by atoms with E-state index < -0.39 is 42.7 Å². The van der Waals surface area contributed by atoms with Gasteiger partial charge in [0, 0.05) is 11.1 Å². The van der Waals surface area contributed by atoms with Gasteiger partial charge in [-0.05, 0) is 48.2 Å². The molecule has 1 aliphatic carbocycles. The Balaban J connectivity index is 1.63. The van der Waals surface area contributed by atoms with Crippen LogP contribution in [0.4, 0.5) is 0 Å². The third kappa shape index (κ3) is 5.12. The van der Waals surface area contributed by atoms with E-state index in [1.165, 1.54) is 36.4 Å². The van der Waals surface area contributed by atoms with Crippen LogP contribution in [0.15, 0.2) is 82.6 Å². The average molecular weight is 575 g/mol. The molecule has 0 spiro atoms. The maximum absolute atomic E-state index is 13.4. The summed E-state index contributed by atoms with van der Waals surface area (Å²) in [6.07, 6.45) is 1.46. The van der Waals surface area contributed by atoms with E-state index in [1.807, 2.05) is 13.8 Å². The molecule has 3 aromatic carbocycles. The smallest absolute Gasteiger partial charge is 0.214 e. The Morgan fingerprint density at radius 2 is 0.900 bits per heavy atom. The van der Waals surface area contributed by atoms with Gasteiger partial charge in [-0.15, -0.1) is 0 Å². The number of carbonyl (C=O) groups excluding carboxylic acids is 2. The van der Waals surface area contributed by atoms with E-state index in [4.69, 9.17) is 0 Å². The number of ketones is 2. The fraction of sp³-hybridized carbons (Fsp3) is 0.200. The van der Waals surface area contributed by atoms with Crippen LogP contribution in [0.3, 0.4) is 0 Å². The molecule has 0 saturated heterocycles. The minimum Gasteiger partial charge on any atom is -0.287 e. The molecule has 0 aliphatic heterocycles. The predicted molar refractivity (Wildman–Crippen MR) is 149 cm³/mol. The number of carbonyl (C=O) groups is 2. The van der Waals surface area contributed by atoms with Crippen LogP contribution < -0.4 is 0 Å². The second-order valence-electron chi connectivity index (χ2n) is 9.53. The topological polar surface area (TPSA) is 128 Å². The molecule has 8 nitrogen and oxygen atoms in total. The van der Waals surface area contributed by atoms with E-state index in [0.29, 0.717) is 0 Å². The van der Waals surface area contributed by atoms with Crippen LogP contribution in [0.5, 0.6) is 0 Å². The number of fused-ring (bicyclic) bond motifs is 2. The predicted octanol–water partition coefficient (Wildman–Crippen LogP) is 4.32. The molecule has 0 amide bonds. The SMILES string of the molecule is CCc1ccc(S(=O)(=O)Cc2nc3c(nc2CS(=O)(=O)c2ccc(CC)cc2)C(=O)c2ccccc2C3=O)cc1. The van der Waals surface area contributed by atoms with Crippen molar-refractivity contribution in [2.75, 3.05) is 0 Å². The van der Waals surface area contributed by atoms with Gasteiger partial charge in [-0.3, -0.25) is 9.59 Å². The molecule has 1 aromatic heterocycles. The maximum atomic E-state index is 13.4. The first-order chi connectivity index (χ1) is 19.0. The van der Waals surface area contributed by atoms with Gasteiger partial charge in [0.15, 0.2) is 19.7 Å². The Labute approximate surface area is 233 Å². The second-order valence-corrected chi connectivity index (χ2v) is 13.5. The Kier molecular flexibility index (Phi) is 7.24. The molecule has 4 aromatic rings. The number of rotatable bonds is 8. The lowest BCUT2D eigenvalue weighted by atomic mass is 9.89. The zero-order chi connectivity index (χ0) is 28.7. The highest BCUT2D eigenvalue weighted by Gasteiger charge is 2.35. The summed E-state index contributed by atoms with van der Waals surface area (Å²) in [5.74, 6) is -2.54. The van der Waals surface area contributed by atoms with Crippen LogP contribution in [0.25, 0.3) is 0 Å². The van der Waals surface area contributed by atoms with Crippen molar-refractivity contribution in [3.63, 3.8) is 0 Å². The van der Waals surface area contributed by atoms with E-state index in [9.17, 15) is 26.4 Å². The van der Waals surface area contributed by atoms with Crippen molar-refractivity contribution in [3.05, 3.63) is 118 Å². The van der Waals surface area contributed by atoms with Crippen molar-refractivity contribution < 1.29 is 26.4 Å². The van der Waals surface area contributed by atoms with Crippen molar-refractivity contribution in [1.29, 1.82) is 0 Å². The Hall–Kier alpha value is -4.02. The molecule has 0 radical (unpaired) electrons. The number of nitrogens with zero attached hydrogens (tertiary/aromatic N) is 2. The van der Waals surface area contributed by atoms with Gasteiger partial charge in [0.1, 0.15) is 11.4 Å². The maximum Gasteiger partial charge on any atom is 0.214 e. The molecule has 5 rings (SSSR count). The molecular weight excluding hydrogens is 548 g/mol. The van der Waals surface area contributed by atoms with Crippen LogP contribution in [0, 0.1) is 0 Å². The molecule has 40 heavy (non-hydrogen) atoms. The summed E-state index contributed by atoms with van der Waals surface area (Å²) in [6.45, 7) is 3.90. The van der Waals surface area contributed by atoms with E-state index in [2.05, 4.69) is 9.97 Å².